The molecule has 1 aromatic carbocycles. The standard InChI is InChI=1S/C16H18N6OS.ClH/c1-11(20-16(23)14-8-24-15(21-14)6-7-17)12-2-4-13(5-3-12)22-10-18-9-19-22;/h2-5,8-11H,6-7,17H2,1H3,(H,20,23);1H. The van der Waals surface area contributed by atoms with Gasteiger partial charge in [0.15, 0.2) is 0 Å². The molecule has 132 valence electrons. The van der Waals surface area contributed by atoms with Crippen molar-refractivity contribution >= 4 is 29.7 Å². The van der Waals surface area contributed by atoms with Crippen LogP contribution < -0.4 is 11.1 Å². The van der Waals surface area contributed by atoms with Crippen molar-refractivity contribution in [1.82, 2.24) is 25.1 Å². The third kappa shape index (κ3) is 4.62. The van der Waals surface area contributed by atoms with Gasteiger partial charge in [-0.3, -0.25) is 4.79 Å². The monoisotopic (exact) mass is 378 g/mol. The van der Waals surface area contributed by atoms with Crippen LogP contribution in [0.5, 0.6) is 0 Å². The molecule has 0 aliphatic rings. The Bertz CT molecular complexity index is 802. The molecule has 0 radical (unpaired) electrons. The molecule has 0 aliphatic carbocycles. The molecule has 0 saturated carbocycles. The minimum Gasteiger partial charge on any atom is -0.344 e. The van der Waals surface area contributed by atoms with E-state index in [-0.39, 0.29) is 24.4 Å². The molecular formula is C16H19ClN6OS. The number of nitrogens with two attached hydrogens (primary N) is 1. The van der Waals surface area contributed by atoms with Crippen LogP contribution in [0.2, 0.25) is 0 Å². The number of rotatable bonds is 6. The highest BCUT2D eigenvalue weighted by Crippen LogP contribution is 2.16. The summed E-state index contributed by atoms with van der Waals surface area (Å²) in [7, 11) is 0. The summed E-state index contributed by atoms with van der Waals surface area (Å²) in [6, 6.07) is 7.68. The Morgan fingerprint density at radius 2 is 2.12 bits per heavy atom. The number of benzene rings is 1. The fourth-order valence-electron chi connectivity index (χ4n) is 2.26. The van der Waals surface area contributed by atoms with Crippen molar-refractivity contribution in [2.24, 2.45) is 5.73 Å². The van der Waals surface area contributed by atoms with Gasteiger partial charge in [-0.05, 0) is 31.2 Å². The van der Waals surface area contributed by atoms with Crippen LogP contribution in [0.3, 0.4) is 0 Å². The van der Waals surface area contributed by atoms with Crippen molar-refractivity contribution in [1.29, 1.82) is 0 Å². The molecule has 1 amide bonds. The first-order chi connectivity index (χ1) is 11.7. The number of aromatic nitrogens is 4. The molecule has 9 heteroatoms. The van der Waals surface area contributed by atoms with Gasteiger partial charge in [-0.1, -0.05) is 12.1 Å². The van der Waals surface area contributed by atoms with Crippen LogP contribution in [0.1, 0.15) is 34.0 Å². The van der Waals surface area contributed by atoms with Gasteiger partial charge in [-0.2, -0.15) is 5.10 Å². The molecule has 3 aromatic rings. The molecule has 3 rings (SSSR count). The van der Waals surface area contributed by atoms with Crippen LogP contribution in [0.25, 0.3) is 5.69 Å². The van der Waals surface area contributed by atoms with Crippen LogP contribution in [0.4, 0.5) is 0 Å². The second-order valence-electron chi connectivity index (χ2n) is 5.29. The maximum absolute atomic E-state index is 12.3. The number of nitrogens with zero attached hydrogens (tertiary/aromatic N) is 4. The van der Waals surface area contributed by atoms with Gasteiger partial charge < -0.3 is 11.1 Å². The molecule has 0 bridgehead atoms. The molecule has 1 unspecified atom stereocenters. The summed E-state index contributed by atoms with van der Waals surface area (Å²) >= 11 is 1.46. The third-order valence-corrected chi connectivity index (χ3v) is 4.48. The van der Waals surface area contributed by atoms with Crippen LogP contribution in [-0.4, -0.2) is 32.2 Å². The van der Waals surface area contributed by atoms with Gasteiger partial charge in [0.2, 0.25) is 0 Å². The normalized spacial score (nSPS) is 11.6. The summed E-state index contributed by atoms with van der Waals surface area (Å²) in [5.41, 5.74) is 7.87. The molecule has 7 nitrogen and oxygen atoms in total. The molecule has 0 aliphatic heterocycles. The van der Waals surface area contributed by atoms with Crippen molar-refractivity contribution < 1.29 is 4.79 Å². The Balaban J connectivity index is 0.00000225. The number of amides is 1. The number of carbonyl (C=O) groups excluding carboxylic acids is 1. The lowest BCUT2D eigenvalue weighted by Gasteiger charge is -2.14. The molecule has 0 spiro atoms. The highest BCUT2D eigenvalue weighted by atomic mass is 35.5. The fraction of sp³-hybridized carbons (Fsp3) is 0.250. The van der Waals surface area contributed by atoms with Crippen LogP contribution >= 0.6 is 23.7 Å². The molecule has 2 aromatic heterocycles. The predicted octanol–water partition coefficient (Wildman–Crippen LogP) is 2.14. The largest absolute Gasteiger partial charge is 0.344 e. The van der Waals surface area contributed by atoms with Gasteiger partial charge in [0.1, 0.15) is 18.3 Å². The zero-order chi connectivity index (χ0) is 16.9. The zero-order valence-corrected chi connectivity index (χ0v) is 15.3. The second-order valence-corrected chi connectivity index (χ2v) is 6.23. The van der Waals surface area contributed by atoms with E-state index in [0.717, 1.165) is 16.3 Å². The van der Waals surface area contributed by atoms with E-state index in [4.69, 9.17) is 5.73 Å². The summed E-state index contributed by atoms with van der Waals surface area (Å²) in [6.07, 6.45) is 3.82. The van der Waals surface area contributed by atoms with Gasteiger partial charge in [0, 0.05) is 11.8 Å². The Morgan fingerprint density at radius 1 is 1.36 bits per heavy atom. The summed E-state index contributed by atoms with van der Waals surface area (Å²) < 4.78 is 1.68. The zero-order valence-electron chi connectivity index (χ0n) is 13.6. The van der Waals surface area contributed by atoms with E-state index in [1.54, 1.807) is 16.4 Å². The highest BCUT2D eigenvalue weighted by molar-refractivity contribution is 7.09. The molecule has 0 fully saturated rings. The fourth-order valence-corrected chi connectivity index (χ4v) is 3.06. The number of halogens is 1. The topological polar surface area (TPSA) is 98.7 Å². The first-order valence-corrected chi connectivity index (χ1v) is 8.45. The Morgan fingerprint density at radius 3 is 2.76 bits per heavy atom. The summed E-state index contributed by atoms with van der Waals surface area (Å²) in [4.78, 5) is 20.5. The summed E-state index contributed by atoms with van der Waals surface area (Å²) in [5, 5.41) is 9.69. The van der Waals surface area contributed by atoms with Crippen molar-refractivity contribution in [3.63, 3.8) is 0 Å². The lowest BCUT2D eigenvalue weighted by Crippen LogP contribution is -2.27. The van der Waals surface area contributed by atoms with E-state index < -0.39 is 0 Å². The van der Waals surface area contributed by atoms with E-state index in [2.05, 4.69) is 20.4 Å². The van der Waals surface area contributed by atoms with Crippen molar-refractivity contribution in [2.45, 2.75) is 19.4 Å². The van der Waals surface area contributed by atoms with Crippen LogP contribution in [-0.2, 0) is 6.42 Å². The maximum Gasteiger partial charge on any atom is 0.271 e. The van der Waals surface area contributed by atoms with E-state index >= 15 is 0 Å². The van der Waals surface area contributed by atoms with Gasteiger partial charge >= 0.3 is 0 Å². The van der Waals surface area contributed by atoms with E-state index in [1.165, 1.54) is 17.7 Å². The minimum absolute atomic E-state index is 0. The molecule has 3 N–H and O–H groups in total. The second kappa shape index (κ2) is 8.70. The molecule has 25 heavy (non-hydrogen) atoms. The van der Waals surface area contributed by atoms with E-state index in [9.17, 15) is 4.79 Å². The van der Waals surface area contributed by atoms with E-state index in [1.807, 2.05) is 31.2 Å². The summed E-state index contributed by atoms with van der Waals surface area (Å²) in [6.45, 7) is 2.47. The SMILES string of the molecule is CC(NC(=O)c1csc(CCN)n1)c1ccc(-n2cncn2)cc1.Cl. The lowest BCUT2D eigenvalue weighted by molar-refractivity contribution is 0.0935. The minimum atomic E-state index is -0.178. The Labute approximate surface area is 155 Å². The van der Waals surface area contributed by atoms with Gasteiger partial charge in [-0.25, -0.2) is 14.6 Å². The number of hydrogen-bond acceptors (Lipinski definition) is 6. The average molecular weight is 379 g/mol. The van der Waals surface area contributed by atoms with Crippen molar-refractivity contribution in [3.8, 4) is 5.69 Å². The van der Waals surface area contributed by atoms with Gasteiger partial charge in [0.05, 0.1) is 16.7 Å². The maximum atomic E-state index is 12.3. The highest BCUT2D eigenvalue weighted by Gasteiger charge is 2.14. The Hall–Kier alpha value is -2.29. The first kappa shape index (κ1) is 19.0. The van der Waals surface area contributed by atoms with Gasteiger partial charge in [-0.15, -0.1) is 23.7 Å². The van der Waals surface area contributed by atoms with Crippen LogP contribution in [0.15, 0.2) is 42.3 Å². The average Bonchev–Trinajstić information content (AvgIpc) is 3.27. The third-order valence-electron chi connectivity index (χ3n) is 3.57. The first-order valence-electron chi connectivity index (χ1n) is 7.57. The number of thiazole rings is 1. The molecule has 2 heterocycles. The lowest BCUT2D eigenvalue weighted by atomic mass is 10.1. The molecule has 0 saturated heterocycles. The molecule has 1 atom stereocenters. The summed E-state index contributed by atoms with van der Waals surface area (Å²) in [5.74, 6) is -0.178. The van der Waals surface area contributed by atoms with E-state index in [0.29, 0.717) is 18.7 Å². The smallest absolute Gasteiger partial charge is 0.271 e. The Kier molecular flexibility index (Phi) is 6.63. The van der Waals surface area contributed by atoms with Crippen LogP contribution in [0, 0.1) is 0 Å². The number of carbonyl (C=O) groups is 1. The van der Waals surface area contributed by atoms with Gasteiger partial charge in [0.25, 0.3) is 5.91 Å². The quantitative estimate of drug-likeness (QED) is 0.684. The van der Waals surface area contributed by atoms with Crippen molar-refractivity contribution in [3.05, 3.63) is 58.6 Å². The molecular weight excluding hydrogens is 360 g/mol. The number of nitrogens with one attached hydrogen (secondary N) is 1. The number of hydrogen-bond donors (Lipinski definition) is 2. The van der Waals surface area contributed by atoms with Crippen molar-refractivity contribution in [2.75, 3.05) is 6.54 Å². The predicted molar refractivity (Wildman–Crippen MR) is 99.4 cm³/mol.